The summed E-state index contributed by atoms with van der Waals surface area (Å²) in [5, 5.41) is 0.407. The number of benzene rings is 2. The molecule has 2 aromatic carbocycles. The molecule has 1 fully saturated rings. The van der Waals surface area contributed by atoms with E-state index in [0.717, 1.165) is 40.3 Å². The SMILES string of the molecule is CS(=O)(=O)N(CC(=O)N1CCC[C@@H]1c1nc2ccccc2[nH]1)c1cccc(Cl)c1. The zero-order valence-electron chi connectivity index (χ0n) is 15.9. The third-order valence-corrected chi connectivity index (χ3v) is 6.45. The Morgan fingerprint density at radius 3 is 2.79 bits per heavy atom. The van der Waals surface area contributed by atoms with Gasteiger partial charge in [0.2, 0.25) is 15.9 Å². The van der Waals surface area contributed by atoms with Crippen LogP contribution < -0.4 is 4.31 Å². The second kappa shape index (κ2) is 7.68. The van der Waals surface area contributed by atoms with Gasteiger partial charge >= 0.3 is 0 Å². The lowest BCUT2D eigenvalue weighted by Gasteiger charge is -2.28. The number of nitrogens with zero attached hydrogens (tertiary/aromatic N) is 3. The number of sulfonamides is 1. The maximum atomic E-state index is 13.1. The van der Waals surface area contributed by atoms with Crippen LogP contribution in [0, 0.1) is 0 Å². The van der Waals surface area contributed by atoms with Gasteiger partial charge in [-0.25, -0.2) is 13.4 Å². The van der Waals surface area contributed by atoms with Crippen molar-refractivity contribution in [2.24, 2.45) is 0 Å². The lowest BCUT2D eigenvalue weighted by molar-refractivity contribution is -0.130. The summed E-state index contributed by atoms with van der Waals surface area (Å²) in [7, 11) is -3.66. The molecule has 1 saturated heterocycles. The van der Waals surface area contributed by atoms with Crippen LogP contribution in [-0.2, 0) is 14.8 Å². The highest BCUT2D eigenvalue weighted by Crippen LogP contribution is 2.32. The first-order valence-corrected chi connectivity index (χ1v) is 11.5. The molecular weight excluding hydrogens is 412 g/mol. The highest BCUT2D eigenvalue weighted by molar-refractivity contribution is 7.92. The molecule has 1 amide bonds. The van der Waals surface area contributed by atoms with Gasteiger partial charge in [0.25, 0.3) is 0 Å². The number of nitrogens with one attached hydrogen (secondary N) is 1. The molecule has 3 aromatic rings. The van der Waals surface area contributed by atoms with E-state index in [2.05, 4.69) is 9.97 Å². The van der Waals surface area contributed by atoms with Crippen LogP contribution in [0.15, 0.2) is 48.5 Å². The minimum absolute atomic E-state index is 0.198. The lowest BCUT2D eigenvalue weighted by Crippen LogP contribution is -2.42. The third kappa shape index (κ3) is 4.09. The molecule has 0 spiro atoms. The molecule has 2 heterocycles. The van der Waals surface area contributed by atoms with Gasteiger partial charge in [0.05, 0.1) is 29.0 Å². The minimum atomic E-state index is -3.66. The van der Waals surface area contributed by atoms with Gasteiger partial charge in [-0.05, 0) is 43.2 Å². The van der Waals surface area contributed by atoms with Crippen LogP contribution in [0.2, 0.25) is 5.02 Å². The predicted molar refractivity (Wildman–Crippen MR) is 113 cm³/mol. The van der Waals surface area contributed by atoms with Crippen LogP contribution in [0.5, 0.6) is 0 Å². The molecule has 7 nitrogen and oxygen atoms in total. The molecule has 29 heavy (non-hydrogen) atoms. The molecule has 0 unspecified atom stereocenters. The summed E-state index contributed by atoms with van der Waals surface area (Å²) in [6.45, 7) is 0.281. The van der Waals surface area contributed by atoms with Gasteiger partial charge in [-0.3, -0.25) is 9.10 Å². The fourth-order valence-electron chi connectivity index (χ4n) is 3.72. The Labute approximate surface area is 174 Å². The average molecular weight is 433 g/mol. The Morgan fingerprint density at radius 1 is 1.28 bits per heavy atom. The third-order valence-electron chi connectivity index (χ3n) is 5.07. The van der Waals surface area contributed by atoms with Gasteiger partial charge in [-0.1, -0.05) is 29.8 Å². The van der Waals surface area contributed by atoms with E-state index in [1.165, 1.54) is 6.07 Å². The number of rotatable bonds is 5. The summed E-state index contributed by atoms with van der Waals surface area (Å²) in [6.07, 6.45) is 2.70. The molecule has 1 aliphatic heterocycles. The van der Waals surface area contributed by atoms with Crippen LogP contribution in [0.3, 0.4) is 0 Å². The van der Waals surface area contributed by atoms with E-state index in [0.29, 0.717) is 17.3 Å². The molecule has 152 valence electrons. The molecule has 9 heteroatoms. The molecule has 4 rings (SSSR count). The van der Waals surface area contributed by atoms with E-state index in [4.69, 9.17) is 11.6 Å². The lowest BCUT2D eigenvalue weighted by atomic mass is 10.2. The number of H-pyrrole nitrogens is 1. The van der Waals surface area contributed by atoms with Crippen molar-refractivity contribution in [2.45, 2.75) is 18.9 Å². The average Bonchev–Trinajstić information content (AvgIpc) is 3.31. The van der Waals surface area contributed by atoms with Crippen molar-refractivity contribution in [2.75, 3.05) is 23.7 Å². The quantitative estimate of drug-likeness (QED) is 0.669. The first-order valence-electron chi connectivity index (χ1n) is 9.30. The smallest absolute Gasteiger partial charge is 0.243 e. The first-order chi connectivity index (χ1) is 13.8. The number of para-hydroxylation sites is 2. The van der Waals surface area contributed by atoms with Gasteiger partial charge in [0.15, 0.2) is 0 Å². The number of aromatic amines is 1. The monoisotopic (exact) mass is 432 g/mol. The van der Waals surface area contributed by atoms with Gasteiger partial charge in [-0.2, -0.15) is 0 Å². The van der Waals surface area contributed by atoms with Crippen molar-refractivity contribution in [3.8, 4) is 0 Å². The fraction of sp³-hybridized carbons (Fsp3) is 0.300. The number of hydrogen-bond acceptors (Lipinski definition) is 4. The molecule has 0 radical (unpaired) electrons. The van der Waals surface area contributed by atoms with E-state index >= 15 is 0 Å². The summed E-state index contributed by atoms with van der Waals surface area (Å²) in [4.78, 5) is 22.7. The zero-order valence-corrected chi connectivity index (χ0v) is 17.4. The van der Waals surface area contributed by atoms with E-state index in [1.807, 2.05) is 24.3 Å². The second-order valence-corrected chi connectivity index (χ2v) is 9.48. The van der Waals surface area contributed by atoms with Crippen molar-refractivity contribution >= 4 is 44.3 Å². The maximum absolute atomic E-state index is 13.1. The van der Waals surface area contributed by atoms with Crippen molar-refractivity contribution in [3.05, 3.63) is 59.4 Å². The summed E-state index contributed by atoms with van der Waals surface area (Å²) < 4.78 is 25.8. The normalized spacial score (nSPS) is 17.0. The molecule has 0 saturated carbocycles. The number of halogens is 1. The highest BCUT2D eigenvalue weighted by Gasteiger charge is 2.34. The molecule has 0 bridgehead atoms. The number of imidazole rings is 1. The van der Waals surface area contributed by atoms with E-state index in [-0.39, 0.29) is 18.5 Å². The maximum Gasteiger partial charge on any atom is 0.243 e. The van der Waals surface area contributed by atoms with E-state index < -0.39 is 10.0 Å². The van der Waals surface area contributed by atoms with E-state index in [9.17, 15) is 13.2 Å². The van der Waals surface area contributed by atoms with Crippen molar-refractivity contribution in [1.82, 2.24) is 14.9 Å². The largest absolute Gasteiger partial charge is 0.340 e. The van der Waals surface area contributed by atoms with Crippen LogP contribution in [0.25, 0.3) is 11.0 Å². The van der Waals surface area contributed by atoms with Crippen LogP contribution >= 0.6 is 11.6 Å². The van der Waals surface area contributed by atoms with Gasteiger partial charge in [-0.15, -0.1) is 0 Å². The number of amides is 1. The Hall–Kier alpha value is -2.58. The van der Waals surface area contributed by atoms with Crippen LogP contribution in [-0.4, -0.2) is 48.5 Å². The van der Waals surface area contributed by atoms with Crippen molar-refractivity contribution < 1.29 is 13.2 Å². The van der Waals surface area contributed by atoms with Crippen LogP contribution in [0.4, 0.5) is 5.69 Å². The molecular formula is C20H21ClN4O3S. The number of carbonyl (C=O) groups excluding carboxylic acids is 1. The Morgan fingerprint density at radius 2 is 2.07 bits per heavy atom. The second-order valence-electron chi connectivity index (χ2n) is 7.13. The van der Waals surface area contributed by atoms with Gasteiger partial charge in [0, 0.05) is 11.6 Å². The van der Waals surface area contributed by atoms with E-state index in [1.54, 1.807) is 23.1 Å². The summed E-state index contributed by atoms with van der Waals surface area (Å²) >= 11 is 6.02. The Balaban J connectivity index is 1.60. The Kier molecular flexibility index (Phi) is 5.23. The molecule has 1 atom stereocenters. The number of likely N-dealkylation sites (tertiary alicyclic amines) is 1. The molecule has 1 aliphatic rings. The number of fused-ring (bicyclic) bond motifs is 1. The van der Waals surface area contributed by atoms with Crippen molar-refractivity contribution in [1.29, 1.82) is 0 Å². The zero-order chi connectivity index (χ0) is 20.6. The predicted octanol–water partition coefficient (Wildman–Crippen LogP) is 3.35. The Bertz CT molecular complexity index is 1130. The van der Waals surface area contributed by atoms with Crippen molar-refractivity contribution in [3.63, 3.8) is 0 Å². The molecule has 1 N–H and O–H groups in total. The number of carbonyl (C=O) groups is 1. The first kappa shape index (κ1) is 19.7. The molecule has 1 aromatic heterocycles. The summed E-state index contributed by atoms with van der Waals surface area (Å²) in [5.74, 6) is 0.462. The fourth-order valence-corrected chi connectivity index (χ4v) is 4.75. The molecule has 0 aliphatic carbocycles. The summed E-state index contributed by atoms with van der Waals surface area (Å²) in [6, 6.07) is 14.0. The summed E-state index contributed by atoms with van der Waals surface area (Å²) in [5.41, 5.74) is 2.13. The number of hydrogen-bond donors (Lipinski definition) is 1. The topological polar surface area (TPSA) is 86.4 Å². The minimum Gasteiger partial charge on any atom is -0.340 e. The van der Waals surface area contributed by atoms with Crippen LogP contribution in [0.1, 0.15) is 24.7 Å². The highest BCUT2D eigenvalue weighted by atomic mass is 35.5. The number of anilines is 1. The number of aromatic nitrogens is 2. The van der Waals surface area contributed by atoms with Gasteiger partial charge in [0.1, 0.15) is 12.4 Å². The van der Waals surface area contributed by atoms with Gasteiger partial charge < -0.3 is 9.88 Å². The standard InChI is InChI=1S/C20H21ClN4O3S/c1-29(27,28)25(15-7-4-6-14(21)12-15)13-19(26)24-11-5-10-18(24)20-22-16-8-2-3-9-17(16)23-20/h2-4,6-9,12,18H,5,10-11,13H2,1H3,(H,22,23)/t18-/m1/s1.